The summed E-state index contributed by atoms with van der Waals surface area (Å²) in [7, 11) is 0. The number of rotatable bonds is 62. The van der Waals surface area contributed by atoms with E-state index in [1.807, 2.05) is 0 Å². The van der Waals surface area contributed by atoms with E-state index in [1.54, 1.807) is 0 Å². The van der Waals surface area contributed by atoms with E-state index in [-0.39, 0.29) is 25.2 Å². The third-order valence-electron chi connectivity index (χ3n) is 14.6. The van der Waals surface area contributed by atoms with Crippen molar-refractivity contribution < 1.29 is 24.2 Å². The van der Waals surface area contributed by atoms with E-state index in [0.717, 1.165) is 116 Å². The van der Waals surface area contributed by atoms with Crippen molar-refractivity contribution in [1.82, 2.24) is 0 Å². The monoisotopic (exact) mass is 1130 g/mol. The molecule has 0 amide bonds. The van der Waals surface area contributed by atoms with Crippen molar-refractivity contribution in [1.29, 1.82) is 0 Å². The normalized spacial score (nSPS) is 13.2. The van der Waals surface area contributed by atoms with Crippen LogP contribution in [0.5, 0.6) is 0 Å². The summed E-state index contributed by atoms with van der Waals surface area (Å²) in [5.74, 6) is -0.597. The maximum Gasteiger partial charge on any atom is 0.306 e. The number of hydrogen-bond acceptors (Lipinski definition) is 5. The molecular formula is C77H128O5. The van der Waals surface area contributed by atoms with Crippen LogP contribution in [-0.2, 0) is 19.1 Å². The first-order valence-corrected chi connectivity index (χ1v) is 34.4. The van der Waals surface area contributed by atoms with Crippen LogP contribution in [0.1, 0.15) is 309 Å². The molecule has 5 nitrogen and oxygen atoms in total. The van der Waals surface area contributed by atoms with Crippen LogP contribution >= 0.6 is 0 Å². The van der Waals surface area contributed by atoms with E-state index in [4.69, 9.17) is 9.47 Å². The average Bonchev–Trinajstić information content (AvgIpc) is 3.49. The van der Waals surface area contributed by atoms with Crippen molar-refractivity contribution in [2.45, 2.75) is 315 Å². The highest BCUT2D eigenvalue weighted by Gasteiger charge is 2.16. The van der Waals surface area contributed by atoms with E-state index in [9.17, 15) is 14.7 Å². The van der Waals surface area contributed by atoms with Gasteiger partial charge in [0, 0.05) is 12.8 Å². The quantitative estimate of drug-likeness (QED) is 0.0373. The Morgan fingerprint density at radius 3 is 0.793 bits per heavy atom. The van der Waals surface area contributed by atoms with Gasteiger partial charge in [0.2, 0.25) is 0 Å². The third-order valence-corrected chi connectivity index (χ3v) is 14.6. The fraction of sp³-hybridized carbons (Fsp3) is 0.662. The summed E-state index contributed by atoms with van der Waals surface area (Å²) in [5.41, 5.74) is 0. The van der Waals surface area contributed by atoms with Gasteiger partial charge in [0.05, 0.1) is 6.61 Å². The lowest BCUT2D eigenvalue weighted by atomic mass is 10.0. The van der Waals surface area contributed by atoms with Crippen molar-refractivity contribution >= 4 is 11.9 Å². The number of ether oxygens (including phenoxy) is 2. The van der Waals surface area contributed by atoms with Crippen LogP contribution in [0.25, 0.3) is 0 Å². The molecule has 0 rings (SSSR count). The van der Waals surface area contributed by atoms with E-state index in [1.165, 1.54) is 167 Å². The second-order valence-corrected chi connectivity index (χ2v) is 22.5. The maximum atomic E-state index is 12.4. The minimum atomic E-state index is -0.786. The number of esters is 2. The number of hydrogen-bond donors (Lipinski definition) is 1. The molecule has 0 aromatic heterocycles. The van der Waals surface area contributed by atoms with Crippen molar-refractivity contribution in [2.75, 3.05) is 13.2 Å². The average molecular weight is 1130 g/mol. The van der Waals surface area contributed by atoms with E-state index >= 15 is 0 Å². The molecule has 0 aliphatic heterocycles. The summed E-state index contributed by atoms with van der Waals surface area (Å²) in [4.78, 5) is 24.7. The number of aliphatic hydroxyl groups excluding tert-OH is 1. The van der Waals surface area contributed by atoms with Gasteiger partial charge in [0.25, 0.3) is 0 Å². The molecule has 0 spiro atoms. The first kappa shape index (κ1) is 77.8. The lowest BCUT2D eigenvalue weighted by Gasteiger charge is -2.15. The molecule has 1 N–H and O–H groups in total. The molecule has 0 aromatic rings. The van der Waals surface area contributed by atoms with Crippen molar-refractivity contribution in [3.63, 3.8) is 0 Å². The molecule has 0 aliphatic carbocycles. The predicted molar refractivity (Wildman–Crippen MR) is 361 cm³/mol. The van der Waals surface area contributed by atoms with Crippen LogP contribution in [-0.4, -0.2) is 36.4 Å². The second kappa shape index (κ2) is 71.0. The summed E-state index contributed by atoms with van der Waals surface area (Å²) < 4.78 is 10.7. The van der Waals surface area contributed by atoms with Gasteiger partial charge in [-0.3, -0.25) is 9.59 Å². The molecule has 0 saturated carbocycles. The van der Waals surface area contributed by atoms with Crippen LogP contribution in [0.4, 0.5) is 0 Å². The van der Waals surface area contributed by atoms with Gasteiger partial charge >= 0.3 is 11.9 Å². The third kappa shape index (κ3) is 68.3. The van der Waals surface area contributed by atoms with Gasteiger partial charge in [-0.25, -0.2) is 0 Å². The summed E-state index contributed by atoms with van der Waals surface area (Å²) in [6.07, 6.45) is 107. The Bertz CT molecular complexity index is 1710. The molecule has 0 saturated heterocycles. The molecule has 1 atom stereocenters. The maximum absolute atomic E-state index is 12.4. The highest BCUT2D eigenvalue weighted by molar-refractivity contribution is 5.70. The zero-order valence-corrected chi connectivity index (χ0v) is 53.5. The smallest absolute Gasteiger partial charge is 0.306 e. The molecule has 0 bridgehead atoms. The van der Waals surface area contributed by atoms with Gasteiger partial charge in [0.15, 0.2) is 6.10 Å². The lowest BCUT2D eigenvalue weighted by Crippen LogP contribution is -2.28. The van der Waals surface area contributed by atoms with Gasteiger partial charge in [-0.05, 0) is 122 Å². The Labute approximate surface area is 508 Å². The molecule has 0 heterocycles. The predicted octanol–water partition coefficient (Wildman–Crippen LogP) is 24.1. The Hall–Kier alpha value is -4.22. The minimum absolute atomic E-state index is 0.0741. The zero-order chi connectivity index (χ0) is 59.1. The van der Waals surface area contributed by atoms with Crippen LogP contribution in [0.3, 0.4) is 0 Å². The van der Waals surface area contributed by atoms with Crippen LogP contribution in [0.15, 0.2) is 146 Å². The fourth-order valence-corrected chi connectivity index (χ4v) is 9.50. The molecule has 0 aromatic carbocycles. The summed E-state index contributed by atoms with van der Waals surface area (Å²) in [6.45, 7) is 4.03. The molecule has 1 unspecified atom stereocenters. The van der Waals surface area contributed by atoms with E-state index in [0.29, 0.717) is 12.8 Å². The largest absolute Gasteiger partial charge is 0.462 e. The molecule has 5 heteroatoms. The fourth-order valence-electron chi connectivity index (χ4n) is 9.50. The van der Waals surface area contributed by atoms with Gasteiger partial charge < -0.3 is 14.6 Å². The Morgan fingerprint density at radius 2 is 0.524 bits per heavy atom. The number of unbranched alkanes of at least 4 members (excludes halogenated alkanes) is 30. The Kier molecular flexibility index (Phi) is 67.4. The first-order chi connectivity index (χ1) is 40.6. The van der Waals surface area contributed by atoms with Crippen LogP contribution in [0.2, 0.25) is 0 Å². The standard InChI is InChI=1S/C77H128O5/c1-3-5-7-9-11-13-15-17-19-21-23-25-27-29-31-33-35-36-37-38-39-40-42-44-46-48-50-52-54-56-58-60-62-64-66-68-70-72-77(80)82-75(73-78)74-81-76(79)71-69-67-65-63-61-59-57-55-53-51-49-47-45-43-41-34-32-30-28-26-24-22-20-18-16-14-12-10-8-6-4-2/h5,7,11,13,16-19,22-25,28-31,35-36,38-39,42,44,48,50,75,78H,3-4,6,8-10,12,14-15,20-21,26-27,32-34,37,40-41,43,45-47,49,51-74H2,1-2H3/b7-5-,13-11-,18-16-,19-17-,24-22-,25-23-,30-28-,31-29-,36-35-,39-38-,44-42-,50-48-. The molecular weight excluding hydrogens is 1000 g/mol. The number of allylic oxidation sites excluding steroid dienone is 24. The lowest BCUT2D eigenvalue weighted by molar-refractivity contribution is -0.161. The molecule has 0 radical (unpaired) electrons. The van der Waals surface area contributed by atoms with Gasteiger partial charge in [-0.1, -0.05) is 320 Å². The highest BCUT2D eigenvalue weighted by Crippen LogP contribution is 2.16. The summed E-state index contributed by atoms with van der Waals surface area (Å²) >= 11 is 0. The van der Waals surface area contributed by atoms with Gasteiger partial charge in [0.1, 0.15) is 6.61 Å². The van der Waals surface area contributed by atoms with Crippen LogP contribution < -0.4 is 0 Å². The number of carbonyl (C=O) groups excluding carboxylic acids is 2. The Balaban J connectivity index is 3.54. The van der Waals surface area contributed by atoms with Crippen molar-refractivity contribution in [3.8, 4) is 0 Å². The minimum Gasteiger partial charge on any atom is -0.462 e. The number of carbonyl (C=O) groups is 2. The molecule has 82 heavy (non-hydrogen) atoms. The summed E-state index contributed by atoms with van der Waals surface area (Å²) in [5, 5.41) is 9.70. The van der Waals surface area contributed by atoms with E-state index in [2.05, 4.69) is 160 Å². The van der Waals surface area contributed by atoms with Crippen LogP contribution in [0, 0.1) is 0 Å². The zero-order valence-electron chi connectivity index (χ0n) is 53.5. The first-order valence-electron chi connectivity index (χ1n) is 34.4. The Morgan fingerprint density at radius 1 is 0.293 bits per heavy atom. The highest BCUT2D eigenvalue weighted by atomic mass is 16.6. The van der Waals surface area contributed by atoms with Gasteiger partial charge in [-0.2, -0.15) is 0 Å². The van der Waals surface area contributed by atoms with Crippen molar-refractivity contribution in [3.05, 3.63) is 146 Å². The topological polar surface area (TPSA) is 72.8 Å². The van der Waals surface area contributed by atoms with Crippen molar-refractivity contribution in [2.24, 2.45) is 0 Å². The molecule has 0 fully saturated rings. The molecule has 466 valence electrons. The second-order valence-electron chi connectivity index (χ2n) is 22.5. The molecule has 0 aliphatic rings. The van der Waals surface area contributed by atoms with E-state index < -0.39 is 6.10 Å². The number of aliphatic hydroxyl groups is 1. The van der Waals surface area contributed by atoms with Gasteiger partial charge in [-0.15, -0.1) is 0 Å². The SMILES string of the molecule is CC/C=C\C/C=C\C/C=C\C/C=C\C/C=C\C/C=C\C/C=C\C/C=C\C/C=C\CCCCCCCCCCCC(=O)OC(CO)COC(=O)CCCCCCCCCCCCCCCCCC/C=C\C/C=C\C/C=C\CCCCCCC. The summed E-state index contributed by atoms with van der Waals surface area (Å²) in [6, 6.07) is 0.